The van der Waals surface area contributed by atoms with Gasteiger partial charge in [-0.2, -0.15) is 5.10 Å². The van der Waals surface area contributed by atoms with Gasteiger partial charge < -0.3 is 5.32 Å². The van der Waals surface area contributed by atoms with E-state index in [0.29, 0.717) is 11.3 Å². The van der Waals surface area contributed by atoms with Crippen molar-refractivity contribution >= 4 is 21.6 Å². The fraction of sp³-hybridized carbons (Fsp3) is 0.474. The quantitative estimate of drug-likeness (QED) is 0.721. The van der Waals surface area contributed by atoms with Gasteiger partial charge in [0, 0.05) is 18.3 Å². The Hall–Kier alpha value is -2.35. The maximum absolute atomic E-state index is 12.7. The number of sulfonamides is 1. The maximum Gasteiger partial charge on any atom is 0.229 e. The van der Waals surface area contributed by atoms with Crippen molar-refractivity contribution in [1.82, 2.24) is 15.1 Å². The SMILES string of the molecule is CCc1nn(C)c(CC)c1CC(=O)NC(C)c1ccccc1NS(C)(=O)=O. The number of rotatable bonds is 8. The van der Waals surface area contributed by atoms with Gasteiger partial charge in [0.25, 0.3) is 0 Å². The lowest BCUT2D eigenvalue weighted by Crippen LogP contribution is -2.29. The second kappa shape index (κ2) is 8.56. The van der Waals surface area contributed by atoms with E-state index in [9.17, 15) is 13.2 Å². The summed E-state index contributed by atoms with van der Waals surface area (Å²) in [6.45, 7) is 5.91. The van der Waals surface area contributed by atoms with Crippen LogP contribution in [0.2, 0.25) is 0 Å². The number of hydrogen-bond donors (Lipinski definition) is 2. The molecule has 0 saturated carbocycles. The van der Waals surface area contributed by atoms with Crippen LogP contribution in [0.5, 0.6) is 0 Å². The molecule has 1 aromatic carbocycles. The van der Waals surface area contributed by atoms with E-state index < -0.39 is 10.0 Å². The minimum atomic E-state index is -3.40. The summed E-state index contributed by atoms with van der Waals surface area (Å²) in [5, 5.41) is 7.48. The molecule has 0 aliphatic carbocycles. The molecule has 7 nitrogen and oxygen atoms in total. The topological polar surface area (TPSA) is 93.1 Å². The van der Waals surface area contributed by atoms with Crippen LogP contribution in [0.4, 0.5) is 5.69 Å². The molecule has 0 saturated heterocycles. The molecule has 2 rings (SSSR count). The van der Waals surface area contributed by atoms with Crippen LogP contribution in [0, 0.1) is 0 Å². The molecule has 0 aliphatic rings. The lowest BCUT2D eigenvalue weighted by atomic mass is 10.0. The first-order chi connectivity index (χ1) is 12.7. The molecule has 27 heavy (non-hydrogen) atoms. The van der Waals surface area contributed by atoms with Gasteiger partial charge in [-0.05, 0) is 31.4 Å². The van der Waals surface area contributed by atoms with Gasteiger partial charge in [0.2, 0.25) is 15.9 Å². The molecule has 1 aromatic heterocycles. The first-order valence-corrected chi connectivity index (χ1v) is 10.9. The molecule has 1 atom stereocenters. The molecular formula is C19H28N4O3S. The van der Waals surface area contributed by atoms with Gasteiger partial charge in [-0.3, -0.25) is 14.2 Å². The molecule has 2 aromatic rings. The number of benzene rings is 1. The molecule has 1 heterocycles. The second-order valence-electron chi connectivity index (χ2n) is 6.63. The predicted molar refractivity (Wildman–Crippen MR) is 107 cm³/mol. The van der Waals surface area contributed by atoms with Gasteiger partial charge >= 0.3 is 0 Å². The van der Waals surface area contributed by atoms with E-state index in [-0.39, 0.29) is 18.4 Å². The molecular weight excluding hydrogens is 364 g/mol. The van der Waals surface area contributed by atoms with Crippen LogP contribution in [0.3, 0.4) is 0 Å². The molecule has 1 amide bonds. The number of nitrogens with zero attached hydrogens (tertiary/aromatic N) is 2. The zero-order valence-corrected chi connectivity index (χ0v) is 17.4. The molecule has 2 N–H and O–H groups in total. The molecule has 8 heteroatoms. The van der Waals surface area contributed by atoms with Gasteiger partial charge in [0.05, 0.1) is 30.1 Å². The van der Waals surface area contributed by atoms with Crippen molar-refractivity contribution in [3.63, 3.8) is 0 Å². The molecule has 0 bridgehead atoms. The van der Waals surface area contributed by atoms with Crippen molar-refractivity contribution < 1.29 is 13.2 Å². The molecule has 0 radical (unpaired) electrons. The van der Waals surface area contributed by atoms with Crippen molar-refractivity contribution in [2.75, 3.05) is 11.0 Å². The summed E-state index contributed by atoms with van der Waals surface area (Å²) >= 11 is 0. The number of aryl methyl sites for hydroxylation is 2. The highest BCUT2D eigenvalue weighted by atomic mass is 32.2. The Morgan fingerprint density at radius 3 is 2.48 bits per heavy atom. The average Bonchev–Trinajstić information content (AvgIpc) is 2.88. The number of anilines is 1. The van der Waals surface area contributed by atoms with E-state index in [4.69, 9.17) is 0 Å². The van der Waals surface area contributed by atoms with E-state index in [1.807, 2.05) is 38.6 Å². The Bertz CT molecular complexity index is 919. The van der Waals surface area contributed by atoms with Gasteiger partial charge in [0.15, 0.2) is 0 Å². The van der Waals surface area contributed by atoms with E-state index >= 15 is 0 Å². The number of carbonyl (C=O) groups is 1. The summed E-state index contributed by atoms with van der Waals surface area (Å²) in [7, 11) is -1.50. The summed E-state index contributed by atoms with van der Waals surface area (Å²) in [6.07, 6.45) is 2.94. The number of carbonyl (C=O) groups excluding carboxylic acids is 1. The zero-order chi connectivity index (χ0) is 20.2. The fourth-order valence-electron chi connectivity index (χ4n) is 3.29. The number of aromatic nitrogens is 2. The Morgan fingerprint density at radius 2 is 1.89 bits per heavy atom. The van der Waals surface area contributed by atoms with Crippen molar-refractivity contribution in [1.29, 1.82) is 0 Å². The summed E-state index contributed by atoms with van der Waals surface area (Å²) < 4.78 is 27.5. The van der Waals surface area contributed by atoms with Crippen LogP contribution in [0.1, 0.15) is 49.3 Å². The summed E-state index contributed by atoms with van der Waals surface area (Å²) in [6, 6.07) is 6.72. The standard InChI is InChI=1S/C19H28N4O3S/c1-6-16-15(18(7-2)23(4)21-16)12-19(24)20-13(3)14-10-8-9-11-17(14)22-27(5,25)26/h8-11,13,22H,6-7,12H2,1-5H3,(H,20,24). The van der Waals surface area contributed by atoms with E-state index in [1.165, 1.54) is 0 Å². The fourth-order valence-corrected chi connectivity index (χ4v) is 3.88. The molecule has 0 aliphatic heterocycles. The highest BCUT2D eigenvalue weighted by Gasteiger charge is 2.19. The van der Waals surface area contributed by atoms with Gasteiger partial charge in [-0.15, -0.1) is 0 Å². The highest BCUT2D eigenvalue weighted by molar-refractivity contribution is 7.92. The van der Waals surface area contributed by atoms with E-state index in [1.54, 1.807) is 18.2 Å². The first kappa shape index (κ1) is 21.0. The van der Waals surface area contributed by atoms with Crippen LogP contribution < -0.4 is 10.0 Å². The molecule has 148 valence electrons. The summed E-state index contributed by atoms with van der Waals surface area (Å²) in [5.74, 6) is -0.117. The van der Waals surface area contributed by atoms with Crippen LogP contribution in [-0.4, -0.2) is 30.4 Å². The maximum atomic E-state index is 12.7. The van der Waals surface area contributed by atoms with Gasteiger partial charge in [0.1, 0.15) is 0 Å². The van der Waals surface area contributed by atoms with Crippen molar-refractivity contribution in [3.8, 4) is 0 Å². The van der Waals surface area contributed by atoms with Gasteiger partial charge in [-0.25, -0.2) is 8.42 Å². The first-order valence-electron chi connectivity index (χ1n) is 9.05. The molecule has 1 unspecified atom stereocenters. The van der Waals surface area contributed by atoms with Crippen molar-refractivity contribution in [3.05, 3.63) is 46.8 Å². The monoisotopic (exact) mass is 392 g/mol. The zero-order valence-electron chi connectivity index (χ0n) is 16.5. The average molecular weight is 393 g/mol. The number of amides is 1. The largest absolute Gasteiger partial charge is 0.349 e. The van der Waals surface area contributed by atoms with Crippen molar-refractivity contribution in [2.24, 2.45) is 7.05 Å². The van der Waals surface area contributed by atoms with E-state index in [0.717, 1.165) is 36.0 Å². The smallest absolute Gasteiger partial charge is 0.229 e. The van der Waals surface area contributed by atoms with Crippen LogP contribution in [0.25, 0.3) is 0 Å². The molecule has 0 spiro atoms. The van der Waals surface area contributed by atoms with Crippen LogP contribution in [0.15, 0.2) is 24.3 Å². The normalized spacial score (nSPS) is 12.6. The summed E-state index contributed by atoms with van der Waals surface area (Å²) in [4.78, 5) is 12.7. The van der Waals surface area contributed by atoms with Crippen LogP contribution in [-0.2, 0) is 41.1 Å². The lowest BCUT2D eigenvalue weighted by Gasteiger charge is -2.18. The minimum absolute atomic E-state index is 0.117. The number of hydrogen-bond acceptors (Lipinski definition) is 4. The second-order valence-corrected chi connectivity index (χ2v) is 8.38. The Morgan fingerprint density at radius 1 is 1.22 bits per heavy atom. The Kier molecular flexibility index (Phi) is 6.64. The van der Waals surface area contributed by atoms with Crippen LogP contribution >= 0.6 is 0 Å². The third-order valence-corrected chi connectivity index (χ3v) is 5.06. The number of para-hydroxylation sites is 1. The molecule has 0 fully saturated rings. The van der Waals surface area contributed by atoms with E-state index in [2.05, 4.69) is 15.1 Å². The minimum Gasteiger partial charge on any atom is -0.349 e. The Labute approximate surface area is 161 Å². The summed E-state index contributed by atoms with van der Waals surface area (Å²) in [5.41, 5.74) is 4.17. The van der Waals surface area contributed by atoms with Gasteiger partial charge in [-0.1, -0.05) is 32.0 Å². The van der Waals surface area contributed by atoms with Crippen molar-refractivity contribution in [2.45, 2.75) is 46.1 Å². The predicted octanol–water partition coefficient (Wildman–Crippen LogP) is 2.34. The third kappa shape index (κ3) is 5.32. The third-order valence-electron chi connectivity index (χ3n) is 4.47. The number of nitrogens with one attached hydrogen (secondary N) is 2. The highest BCUT2D eigenvalue weighted by Crippen LogP contribution is 2.24. The Balaban J connectivity index is 2.18. The lowest BCUT2D eigenvalue weighted by molar-refractivity contribution is -0.121.